The first-order valence-electron chi connectivity index (χ1n) is 7.55. The Labute approximate surface area is 143 Å². The number of nitrogens with one attached hydrogen (secondary N) is 1. The highest BCUT2D eigenvalue weighted by atomic mass is 35.5. The zero-order chi connectivity index (χ0) is 17.5. The minimum atomic E-state index is -1.05. The van der Waals surface area contributed by atoms with Gasteiger partial charge < -0.3 is 10.4 Å². The van der Waals surface area contributed by atoms with E-state index in [0.29, 0.717) is 17.3 Å². The Kier molecular flexibility index (Phi) is 6.25. The predicted molar refractivity (Wildman–Crippen MR) is 87.4 cm³/mol. The fourth-order valence-corrected chi connectivity index (χ4v) is 2.18. The number of tetrazole rings is 1. The van der Waals surface area contributed by atoms with Crippen LogP contribution in [-0.4, -0.2) is 43.2 Å². The van der Waals surface area contributed by atoms with Crippen molar-refractivity contribution in [2.45, 2.75) is 38.8 Å². The fraction of sp³-hybridized carbons (Fsp3) is 0.400. The van der Waals surface area contributed by atoms with E-state index < -0.39 is 17.9 Å². The number of benzene rings is 1. The molecule has 9 heteroatoms. The number of carbonyl (C=O) groups excluding carboxylic acids is 1. The molecule has 0 saturated heterocycles. The number of rotatable bonds is 8. The molecule has 0 unspecified atom stereocenters. The van der Waals surface area contributed by atoms with E-state index in [1.807, 2.05) is 6.92 Å². The van der Waals surface area contributed by atoms with Crippen molar-refractivity contribution in [3.63, 3.8) is 0 Å². The maximum absolute atomic E-state index is 12.0. The summed E-state index contributed by atoms with van der Waals surface area (Å²) < 4.78 is 0. The largest absolute Gasteiger partial charge is 0.480 e. The summed E-state index contributed by atoms with van der Waals surface area (Å²) >= 11 is 5.82. The monoisotopic (exact) mass is 351 g/mol. The van der Waals surface area contributed by atoms with E-state index in [4.69, 9.17) is 16.7 Å². The molecule has 128 valence electrons. The van der Waals surface area contributed by atoms with Crippen molar-refractivity contribution >= 4 is 23.5 Å². The second-order valence-electron chi connectivity index (χ2n) is 5.25. The Balaban J connectivity index is 1.97. The van der Waals surface area contributed by atoms with Crippen molar-refractivity contribution in [2.75, 3.05) is 0 Å². The molecule has 0 saturated carbocycles. The average molecular weight is 352 g/mol. The molecule has 1 amide bonds. The van der Waals surface area contributed by atoms with Crippen LogP contribution in [0.3, 0.4) is 0 Å². The molecular weight excluding hydrogens is 334 g/mol. The van der Waals surface area contributed by atoms with E-state index >= 15 is 0 Å². The number of nitrogens with zero attached hydrogens (tertiary/aromatic N) is 4. The van der Waals surface area contributed by atoms with Crippen molar-refractivity contribution in [1.82, 2.24) is 25.5 Å². The number of carbonyl (C=O) groups is 2. The van der Waals surface area contributed by atoms with Gasteiger partial charge >= 0.3 is 5.97 Å². The maximum atomic E-state index is 12.0. The predicted octanol–water partition coefficient (Wildman–Crippen LogP) is 1.75. The van der Waals surface area contributed by atoms with E-state index in [0.717, 1.165) is 23.2 Å². The molecule has 2 rings (SSSR count). The summed E-state index contributed by atoms with van der Waals surface area (Å²) in [6, 6.07) is 5.99. The molecule has 0 aliphatic carbocycles. The number of amides is 1. The SMILES string of the molecule is CCCC[C@H](NC(=O)Cn1nnc(-c2ccc(Cl)cc2)n1)C(=O)O. The quantitative estimate of drug-likeness (QED) is 0.749. The van der Waals surface area contributed by atoms with Gasteiger partial charge in [0.15, 0.2) is 0 Å². The van der Waals surface area contributed by atoms with Crippen LogP contribution in [0.2, 0.25) is 5.02 Å². The summed E-state index contributed by atoms with van der Waals surface area (Å²) in [6.45, 7) is 1.76. The molecule has 1 atom stereocenters. The minimum Gasteiger partial charge on any atom is -0.480 e. The summed E-state index contributed by atoms with van der Waals surface area (Å²) in [7, 11) is 0. The number of carboxylic acids is 1. The van der Waals surface area contributed by atoms with E-state index in [9.17, 15) is 9.59 Å². The normalized spacial score (nSPS) is 11.9. The van der Waals surface area contributed by atoms with Gasteiger partial charge in [-0.3, -0.25) is 4.79 Å². The highest BCUT2D eigenvalue weighted by Crippen LogP contribution is 2.16. The van der Waals surface area contributed by atoms with Crippen LogP contribution >= 0.6 is 11.6 Å². The summed E-state index contributed by atoms with van der Waals surface area (Å²) in [5.74, 6) is -1.16. The standard InChI is InChI=1S/C15H18ClN5O3/c1-2-3-4-12(15(23)24)17-13(22)9-21-19-14(18-20-21)10-5-7-11(16)8-6-10/h5-8,12H,2-4,9H2,1H3,(H,17,22)(H,23,24)/t12-/m0/s1. The van der Waals surface area contributed by atoms with Gasteiger partial charge in [-0.25, -0.2) is 4.79 Å². The van der Waals surface area contributed by atoms with Gasteiger partial charge in [0, 0.05) is 10.6 Å². The Bertz CT molecular complexity index is 701. The first-order valence-corrected chi connectivity index (χ1v) is 7.93. The molecule has 0 radical (unpaired) electrons. The number of halogens is 1. The number of unbranched alkanes of at least 4 members (excludes halogenated alkanes) is 1. The highest BCUT2D eigenvalue weighted by molar-refractivity contribution is 6.30. The minimum absolute atomic E-state index is 0.198. The molecule has 0 aliphatic heterocycles. The Morgan fingerprint density at radius 3 is 2.67 bits per heavy atom. The average Bonchev–Trinajstić information content (AvgIpc) is 3.00. The zero-order valence-electron chi connectivity index (χ0n) is 13.1. The number of hydrogen-bond acceptors (Lipinski definition) is 5. The highest BCUT2D eigenvalue weighted by Gasteiger charge is 2.20. The molecule has 1 aromatic carbocycles. The van der Waals surface area contributed by atoms with Crippen LogP contribution in [0, 0.1) is 0 Å². The van der Waals surface area contributed by atoms with Gasteiger partial charge in [0.1, 0.15) is 12.6 Å². The molecule has 1 aromatic heterocycles. The van der Waals surface area contributed by atoms with E-state index in [-0.39, 0.29) is 6.54 Å². The van der Waals surface area contributed by atoms with Gasteiger partial charge in [-0.2, -0.15) is 4.80 Å². The molecule has 0 aliphatic rings. The lowest BCUT2D eigenvalue weighted by Crippen LogP contribution is -2.42. The van der Waals surface area contributed by atoms with E-state index in [2.05, 4.69) is 20.7 Å². The zero-order valence-corrected chi connectivity index (χ0v) is 13.9. The van der Waals surface area contributed by atoms with Gasteiger partial charge in [-0.1, -0.05) is 31.4 Å². The van der Waals surface area contributed by atoms with Gasteiger partial charge in [0.2, 0.25) is 11.7 Å². The Hall–Kier alpha value is -2.48. The summed E-state index contributed by atoms with van der Waals surface area (Å²) in [5, 5.41) is 24.0. The molecule has 2 N–H and O–H groups in total. The number of aromatic nitrogens is 4. The summed E-state index contributed by atoms with van der Waals surface area (Å²) in [5.41, 5.74) is 0.720. The molecule has 0 fully saturated rings. The lowest BCUT2D eigenvalue weighted by molar-refractivity contribution is -0.142. The van der Waals surface area contributed by atoms with Crippen LogP contribution in [0.4, 0.5) is 0 Å². The van der Waals surface area contributed by atoms with Crippen molar-refractivity contribution < 1.29 is 14.7 Å². The molecular formula is C15H18ClN5O3. The molecule has 0 bridgehead atoms. The number of carboxylic acid groups (broad SMARTS) is 1. The van der Waals surface area contributed by atoms with Gasteiger partial charge in [-0.05, 0) is 35.9 Å². The van der Waals surface area contributed by atoms with Gasteiger partial charge in [-0.15, -0.1) is 10.2 Å². The van der Waals surface area contributed by atoms with Crippen molar-refractivity contribution in [1.29, 1.82) is 0 Å². The first-order chi connectivity index (χ1) is 11.5. The molecule has 24 heavy (non-hydrogen) atoms. The molecule has 1 heterocycles. The van der Waals surface area contributed by atoms with Crippen LogP contribution < -0.4 is 5.32 Å². The third kappa shape index (κ3) is 5.02. The fourth-order valence-electron chi connectivity index (χ4n) is 2.06. The lowest BCUT2D eigenvalue weighted by Gasteiger charge is -2.13. The van der Waals surface area contributed by atoms with Crippen LogP contribution in [0.15, 0.2) is 24.3 Å². The topological polar surface area (TPSA) is 110 Å². The summed E-state index contributed by atoms with van der Waals surface area (Å²) in [6.07, 6.45) is 1.96. The van der Waals surface area contributed by atoms with Crippen molar-refractivity contribution in [2.24, 2.45) is 0 Å². The first kappa shape index (κ1) is 17.9. The summed E-state index contributed by atoms with van der Waals surface area (Å²) in [4.78, 5) is 24.2. The second-order valence-corrected chi connectivity index (χ2v) is 5.69. The van der Waals surface area contributed by atoms with Crippen LogP contribution in [-0.2, 0) is 16.1 Å². The lowest BCUT2D eigenvalue weighted by atomic mass is 10.1. The molecule has 2 aromatic rings. The van der Waals surface area contributed by atoms with Crippen LogP contribution in [0.25, 0.3) is 11.4 Å². The van der Waals surface area contributed by atoms with Crippen molar-refractivity contribution in [3.05, 3.63) is 29.3 Å². The van der Waals surface area contributed by atoms with Gasteiger partial charge in [0.05, 0.1) is 0 Å². The van der Waals surface area contributed by atoms with Crippen molar-refractivity contribution in [3.8, 4) is 11.4 Å². The van der Waals surface area contributed by atoms with E-state index in [1.165, 1.54) is 0 Å². The van der Waals surface area contributed by atoms with Gasteiger partial charge in [0.25, 0.3) is 0 Å². The smallest absolute Gasteiger partial charge is 0.326 e. The van der Waals surface area contributed by atoms with E-state index in [1.54, 1.807) is 24.3 Å². The number of aliphatic carboxylic acids is 1. The third-order valence-electron chi connectivity index (χ3n) is 3.32. The number of hydrogen-bond donors (Lipinski definition) is 2. The molecule has 0 spiro atoms. The Morgan fingerprint density at radius 2 is 2.04 bits per heavy atom. The molecule has 8 nitrogen and oxygen atoms in total. The second kappa shape index (κ2) is 8.39. The maximum Gasteiger partial charge on any atom is 0.326 e. The third-order valence-corrected chi connectivity index (χ3v) is 3.57. The Morgan fingerprint density at radius 1 is 1.33 bits per heavy atom. The van der Waals surface area contributed by atoms with Crippen LogP contribution in [0.1, 0.15) is 26.2 Å². The van der Waals surface area contributed by atoms with Crippen LogP contribution in [0.5, 0.6) is 0 Å².